The van der Waals surface area contributed by atoms with E-state index in [1.54, 1.807) is 12.1 Å². The molecule has 1 fully saturated rings. The Morgan fingerprint density at radius 3 is 2.63 bits per heavy atom. The first kappa shape index (κ1) is 19.1. The van der Waals surface area contributed by atoms with E-state index in [0.29, 0.717) is 12.2 Å². The number of anilines is 1. The van der Waals surface area contributed by atoms with Crippen LogP contribution in [0.4, 0.5) is 5.69 Å². The summed E-state index contributed by atoms with van der Waals surface area (Å²) < 4.78 is 0. The van der Waals surface area contributed by atoms with Gasteiger partial charge in [0.25, 0.3) is 0 Å². The second-order valence-electron chi connectivity index (χ2n) is 6.89. The zero-order chi connectivity index (χ0) is 19.2. The molecular formula is C20H26N4O3. The standard InChI is InChI=1S/C20H26N4O3/c1-15-4-2-5-16(12-15)24-10-8-23(9-11-24)14-20(27)21-13-18(25)17-6-3-7-19(26)22-17/h2-7,12,18,25H,8-11,13-14H2,1H3,(H,21,27)(H,22,26). The molecule has 0 spiro atoms. The van der Waals surface area contributed by atoms with Gasteiger partial charge >= 0.3 is 0 Å². The van der Waals surface area contributed by atoms with Crippen molar-refractivity contribution in [3.8, 4) is 0 Å². The van der Waals surface area contributed by atoms with E-state index in [0.717, 1.165) is 26.2 Å². The summed E-state index contributed by atoms with van der Waals surface area (Å²) in [6, 6.07) is 13.0. The zero-order valence-electron chi connectivity index (χ0n) is 15.5. The summed E-state index contributed by atoms with van der Waals surface area (Å²) in [5.41, 5.74) is 2.59. The van der Waals surface area contributed by atoms with Crippen molar-refractivity contribution in [2.24, 2.45) is 0 Å². The van der Waals surface area contributed by atoms with Crippen LogP contribution in [0.5, 0.6) is 0 Å². The molecular weight excluding hydrogens is 344 g/mol. The summed E-state index contributed by atoms with van der Waals surface area (Å²) in [6.07, 6.45) is -0.930. The molecule has 1 aliphatic rings. The number of amides is 1. The van der Waals surface area contributed by atoms with E-state index in [1.807, 2.05) is 0 Å². The Labute approximate surface area is 158 Å². The smallest absolute Gasteiger partial charge is 0.248 e. The highest BCUT2D eigenvalue weighted by molar-refractivity contribution is 5.78. The maximum absolute atomic E-state index is 12.2. The van der Waals surface area contributed by atoms with Crippen LogP contribution in [0, 0.1) is 6.92 Å². The average Bonchev–Trinajstić information content (AvgIpc) is 2.67. The molecule has 144 valence electrons. The predicted molar refractivity (Wildman–Crippen MR) is 105 cm³/mol. The van der Waals surface area contributed by atoms with Gasteiger partial charge in [0.2, 0.25) is 11.5 Å². The molecule has 1 aromatic carbocycles. The van der Waals surface area contributed by atoms with E-state index < -0.39 is 6.10 Å². The van der Waals surface area contributed by atoms with Crippen LogP contribution in [0.15, 0.2) is 47.3 Å². The molecule has 2 heterocycles. The number of nitrogens with one attached hydrogen (secondary N) is 2. The van der Waals surface area contributed by atoms with Crippen LogP contribution in [0.2, 0.25) is 0 Å². The number of nitrogens with zero attached hydrogens (tertiary/aromatic N) is 2. The Hall–Kier alpha value is -2.64. The van der Waals surface area contributed by atoms with Crippen molar-refractivity contribution in [1.29, 1.82) is 0 Å². The molecule has 0 bridgehead atoms. The Kier molecular flexibility index (Phi) is 6.26. The highest BCUT2D eigenvalue weighted by atomic mass is 16.3. The summed E-state index contributed by atoms with van der Waals surface area (Å²) in [7, 11) is 0. The molecule has 1 atom stereocenters. The Bertz CT molecular complexity index is 828. The number of aryl methyl sites for hydroxylation is 1. The zero-order valence-corrected chi connectivity index (χ0v) is 15.5. The van der Waals surface area contributed by atoms with Gasteiger partial charge in [-0.1, -0.05) is 18.2 Å². The predicted octanol–water partition coefficient (Wildman–Crippen LogP) is 0.655. The second kappa shape index (κ2) is 8.83. The van der Waals surface area contributed by atoms with Crippen LogP contribution in [0.1, 0.15) is 17.4 Å². The molecule has 3 rings (SSSR count). The fourth-order valence-corrected chi connectivity index (χ4v) is 3.23. The number of carbonyl (C=O) groups excluding carboxylic acids is 1. The number of benzene rings is 1. The third-order valence-electron chi connectivity index (χ3n) is 4.75. The number of H-pyrrole nitrogens is 1. The van der Waals surface area contributed by atoms with Gasteiger partial charge in [-0.15, -0.1) is 0 Å². The Balaban J connectivity index is 1.42. The number of aliphatic hydroxyl groups excluding tert-OH is 1. The third-order valence-corrected chi connectivity index (χ3v) is 4.75. The fourth-order valence-electron chi connectivity index (χ4n) is 3.23. The van der Waals surface area contributed by atoms with E-state index >= 15 is 0 Å². The highest BCUT2D eigenvalue weighted by Gasteiger charge is 2.19. The van der Waals surface area contributed by atoms with Crippen LogP contribution in [-0.2, 0) is 4.79 Å². The van der Waals surface area contributed by atoms with Crippen molar-refractivity contribution in [2.75, 3.05) is 44.2 Å². The third kappa shape index (κ3) is 5.42. The van der Waals surface area contributed by atoms with E-state index in [2.05, 4.69) is 51.3 Å². The highest BCUT2D eigenvalue weighted by Crippen LogP contribution is 2.17. The number of aromatic nitrogens is 1. The maximum Gasteiger partial charge on any atom is 0.248 e. The molecule has 1 unspecified atom stereocenters. The molecule has 7 nitrogen and oxygen atoms in total. The van der Waals surface area contributed by atoms with Gasteiger partial charge in [0.1, 0.15) is 6.10 Å². The lowest BCUT2D eigenvalue weighted by atomic mass is 10.2. The number of hydrogen-bond donors (Lipinski definition) is 3. The summed E-state index contributed by atoms with van der Waals surface area (Å²) in [5.74, 6) is -0.128. The first-order valence-electron chi connectivity index (χ1n) is 9.19. The van der Waals surface area contributed by atoms with Gasteiger partial charge in [-0.2, -0.15) is 0 Å². The van der Waals surface area contributed by atoms with E-state index in [9.17, 15) is 14.7 Å². The molecule has 0 saturated carbocycles. The van der Waals surface area contributed by atoms with Crippen molar-refractivity contribution in [1.82, 2.24) is 15.2 Å². The SMILES string of the molecule is Cc1cccc(N2CCN(CC(=O)NCC(O)c3cccc(=O)[nH]3)CC2)c1. The van der Waals surface area contributed by atoms with Gasteiger partial charge in [-0.3, -0.25) is 14.5 Å². The minimum Gasteiger partial charge on any atom is -0.385 e. The number of hydrogen-bond acceptors (Lipinski definition) is 5. The summed E-state index contributed by atoms with van der Waals surface area (Å²) in [6.45, 7) is 5.85. The molecule has 1 aromatic heterocycles. The molecule has 7 heteroatoms. The van der Waals surface area contributed by atoms with Gasteiger partial charge in [0.05, 0.1) is 6.54 Å². The normalized spacial score (nSPS) is 16.1. The van der Waals surface area contributed by atoms with Crippen molar-refractivity contribution >= 4 is 11.6 Å². The van der Waals surface area contributed by atoms with Gasteiger partial charge in [-0.25, -0.2) is 0 Å². The van der Waals surface area contributed by atoms with Gasteiger partial charge < -0.3 is 20.3 Å². The monoisotopic (exact) mass is 370 g/mol. The van der Waals surface area contributed by atoms with E-state index in [4.69, 9.17) is 0 Å². The van der Waals surface area contributed by atoms with E-state index in [1.165, 1.54) is 17.3 Å². The summed E-state index contributed by atoms with van der Waals surface area (Å²) in [4.78, 5) is 30.4. The Morgan fingerprint density at radius 2 is 1.93 bits per heavy atom. The molecule has 1 aliphatic heterocycles. The number of aromatic amines is 1. The molecule has 27 heavy (non-hydrogen) atoms. The largest absolute Gasteiger partial charge is 0.385 e. The number of carbonyl (C=O) groups is 1. The van der Waals surface area contributed by atoms with Crippen LogP contribution < -0.4 is 15.8 Å². The number of aliphatic hydroxyl groups is 1. The first-order valence-corrected chi connectivity index (χ1v) is 9.19. The van der Waals surface area contributed by atoms with Crippen molar-refractivity contribution in [3.63, 3.8) is 0 Å². The van der Waals surface area contributed by atoms with Crippen LogP contribution in [-0.4, -0.2) is 60.2 Å². The van der Waals surface area contributed by atoms with Crippen molar-refractivity contribution in [2.45, 2.75) is 13.0 Å². The minimum atomic E-state index is -0.930. The van der Waals surface area contributed by atoms with Crippen molar-refractivity contribution in [3.05, 3.63) is 64.1 Å². The molecule has 2 aromatic rings. The average molecular weight is 370 g/mol. The molecule has 3 N–H and O–H groups in total. The molecule has 1 saturated heterocycles. The van der Waals surface area contributed by atoms with E-state index in [-0.39, 0.29) is 18.0 Å². The lowest BCUT2D eigenvalue weighted by Crippen LogP contribution is -2.49. The Morgan fingerprint density at radius 1 is 1.19 bits per heavy atom. The lowest BCUT2D eigenvalue weighted by molar-refractivity contribution is -0.122. The number of piperazine rings is 1. The summed E-state index contributed by atoms with van der Waals surface area (Å²) >= 11 is 0. The molecule has 0 aliphatic carbocycles. The number of rotatable bonds is 6. The van der Waals surface area contributed by atoms with Gasteiger partial charge in [0.15, 0.2) is 0 Å². The maximum atomic E-state index is 12.2. The number of pyridine rings is 1. The van der Waals surface area contributed by atoms with Gasteiger partial charge in [0, 0.05) is 50.2 Å². The van der Waals surface area contributed by atoms with Crippen LogP contribution in [0.3, 0.4) is 0 Å². The van der Waals surface area contributed by atoms with Crippen molar-refractivity contribution < 1.29 is 9.90 Å². The first-order chi connectivity index (χ1) is 13.0. The van der Waals surface area contributed by atoms with Crippen LogP contribution in [0.25, 0.3) is 0 Å². The lowest BCUT2D eigenvalue weighted by Gasteiger charge is -2.35. The summed E-state index contributed by atoms with van der Waals surface area (Å²) in [5, 5.41) is 12.8. The minimum absolute atomic E-state index is 0.0715. The molecule has 0 radical (unpaired) electrons. The topological polar surface area (TPSA) is 88.7 Å². The van der Waals surface area contributed by atoms with Crippen LogP contribution >= 0.6 is 0 Å². The van der Waals surface area contributed by atoms with Gasteiger partial charge in [-0.05, 0) is 30.7 Å². The quantitative estimate of drug-likeness (QED) is 0.695. The fraction of sp³-hybridized carbons (Fsp3) is 0.400. The second-order valence-corrected chi connectivity index (χ2v) is 6.89. The molecule has 1 amide bonds.